The Morgan fingerprint density at radius 2 is 1.55 bits per heavy atom. The number of allylic oxidation sites excluding steroid dienone is 3. The van der Waals surface area contributed by atoms with E-state index in [1.54, 1.807) is 66.6 Å². The molecule has 19 nitrogen and oxygen atoms in total. The summed E-state index contributed by atoms with van der Waals surface area (Å²) in [6, 6.07) is -0.777. The SMILES string of the molecule is CC[C@H]1OC(=O)C[C@@H](OC(C)=O)[C@H](C)[C@@H](O[C@@H]2O[C@H](C)[C@@H](O[C@H]3C[C@@](C)(O)[C@@H](O)[C@H](C)O3)[C@H](N(C)C)[C@H]2O)[C@@H](CC=O)C[C@@H](C)C(=O)/C=C\C(C)=C/[C@@H]1CO[C@@H]1O[C@H](C)[C@@H](O)[C@@H](OC)[C@H]1OC. The molecule has 67 heavy (non-hydrogen) atoms. The lowest BCUT2D eigenvalue weighted by molar-refractivity contribution is -0.342. The van der Waals surface area contributed by atoms with Gasteiger partial charge in [0.25, 0.3) is 0 Å². The minimum atomic E-state index is -1.51. The van der Waals surface area contributed by atoms with E-state index in [0.29, 0.717) is 18.3 Å². The van der Waals surface area contributed by atoms with Crippen molar-refractivity contribution in [3.63, 3.8) is 0 Å². The standard InChI is InChI=1S/C48H79NO18/c1-14-34-32(23-60-47-44(59-13)43(58-12)39(54)27(5)62-47)19-24(2)15-16-33(52)25(3)20-31(17-18-50)41(26(4)35(64-30(8)51)21-36(53)65-34)67-46-40(55)38(49(10)11)42(28(6)63-46)66-37-22-48(9,57)45(56)29(7)61-37/h15-16,18-19,25-29,31-32,34-35,37-47,54-57H,14,17,20-23H2,1-13H3/b16-15-,24-19-/t25-,26+,27-,28-,29+,31+,32-,34-,35-,37+,38-,39-,40-,41-,42-,43-,44-,45+,46+,47-,48-/m1/s1. The maximum Gasteiger partial charge on any atom is 0.309 e. The van der Waals surface area contributed by atoms with Gasteiger partial charge in [-0.3, -0.25) is 14.4 Å². The lowest BCUT2D eigenvalue weighted by Crippen LogP contribution is -2.65. The summed E-state index contributed by atoms with van der Waals surface area (Å²) in [5, 5.41) is 44.2. The highest BCUT2D eigenvalue weighted by atomic mass is 16.7. The number of cyclic esters (lactones) is 1. The van der Waals surface area contributed by atoms with Gasteiger partial charge in [-0.2, -0.15) is 0 Å². The lowest BCUT2D eigenvalue weighted by Gasteiger charge is -2.50. The fourth-order valence-corrected chi connectivity index (χ4v) is 9.86. The minimum absolute atomic E-state index is 0.0309. The monoisotopic (exact) mass is 958 g/mol. The summed E-state index contributed by atoms with van der Waals surface area (Å²) in [5.41, 5.74) is -0.838. The molecular formula is C48H79NO18. The molecule has 4 heterocycles. The van der Waals surface area contributed by atoms with Crippen LogP contribution in [0.15, 0.2) is 23.8 Å². The van der Waals surface area contributed by atoms with Gasteiger partial charge >= 0.3 is 11.9 Å². The zero-order valence-electron chi connectivity index (χ0n) is 41.6. The van der Waals surface area contributed by atoms with E-state index in [9.17, 15) is 39.6 Å². The van der Waals surface area contributed by atoms with E-state index in [4.69, 9.17) is 47.4 Å². The van der Waals surface area contributed by atoms with Crippen LogP contribution in [0.4, 0.5) is 0 Å². The number of rotatable bonds is 14. The second-order valence-corrected chi connectivity index (χ2v) is 19.3. The minimum Gasteiger partial charge on any atom is -0.462 e. The van der Waals surface area contributed by atoms with Crippen LogP contribution in [0.25, 0.3) is 0 Å². The molecule has 19 heteroatoms. The van der Waals surface area contributed by atoms with Gasteiger partial charge in [-0.15, -0.1) is 0 Å². The number of ether oxygens (including phenoxy) is 10. The molecule has 0 aromatic heterocycles. The molecule has 0 bridgehead atoms. The summed E-state index contributed by atoms with van der Waals surface area (Å²) in [5.74, 6) is -4.40. The van der Waals surface area contributed by atoms with Crippen molar-refractivity contribution in [2.24, 2.45) is 23.7 Å². The van der Waals surface area contributed by atoms with Crippen LogP contribution in [0.2, 0.25) is 0 Å². The summed E-state index contributed by atoms with van der Waals surface area (Å²) < 4.78 is 60.9. The van der Waals surface area contributed by atoms with Crippen LogP contribution < -0.4 is 0 Å². The van der Waals surface area contributed by atoms with Crippen LogP contribution in [0.5, 0.6) is 0 Å². The molecule has 0 spiro atoms. The van der Waals surface area contributed by atoms with Gasteiger partial charge in [0.2, 0.25) is 0 Å². The molecule has 0 aliphatic carbocycles. The molecule has 0 unspecified atom stereocenters. The Morgan fingerprint density at radius 3 is 2.13 bits per heavy atom. The van der Waals surface area contributed by atoms with Crippen molar-refractivity contribution in [1.29, 1.82) is 0 Å². The van der Waals surface area contributed by atoms with Crippen LogP contribution >= 0.6 is 0 Å². The van der Waals surface area contributed by atoms with Crippen molar-refractivity contribution in [3.05, 3.63) is 23.8 Å². The molecule has 4 aliphatic heterocycles. The van der Waals surface area contributed by atoms with Gasteiger partial charge in [0.15, 0.2) is 24.7 Å². The largest absolute Gasteiger partial charge is 0.462 e. The fraction of sp³-hybridized carbons (Fsp3) is 0.833. The summed E-state index contributed by atoms with van der Waals surface area (Å²) in [7, 11) is 6.41. The third-order valence-corrected chi connectivity index (χ3v) is 13.7. The van der Waals surface area contributed by atoms with Crippen LogP contribution in [0, 0.1) is 23.7 Å². The Kier molecular flexibility index (Phi) is 21.5. The maximum atomic E-state index is 14.1. The first-order chi connectivity index (χ1) is 31.5. The number of hydrogen-bond donors (Lipinski definition) is 4. The van der Waals surface area contributed by atoms with Crippen LogP contribution in [-0.4, -0.2) is 188 Å². The van der Waals surface area contributed by atoms with Gasteiger partial charge in [0.1, 0.15) is 55.1 Å². The van der Waals surface area contributed by atoms with E-state index in [-0.39, 0.29) is 31.7 Å². The van der Waals surface area contributed by atoms with Crippen LogP contribution in [-0.2, 0) is 66.5 Å². The number of ketones is 1. The molecule has 4 aliphatic rings. The first-order valence-corrected chi connectivity index (χ1v) is 23.6. The molecule has 3 fully saturated rings. The Morgan fingerprint density at radius 1 is 0.896 bits per heavy atom. The average molecular weight is 958 g/mol. The molecule has 0 amide bonds. The molecule has 0 saturated carbocycles. The second-order valence-electron chi connectivity index (χ2n) is 19.3. The summed E-state index contributed by atoms with van der Waals surface area (Å²) in [4.78, 5) is 54.9. The maximum absolute atomic E-state index is 14.1. The average Bonchev–Trinajstić information content (AvgIpc) is 3.25. The Labute approximate surface area is 395 Å². The van der Waals surface area contributed by atoms with E-state index in [2.05, 4.69) is 0 Å². The number of aliphatic hydroxyl groups excluding tert-OH is 3. The Bertz CT molecular complexity index is 1670. The second kappa shape index (κ2) is 25.4. The smallest absolute Gasteiger partial charge is 0.309 e. The highest BCUT2D eigenvalue weighted by Crippen LogP contribution is 2.38. The first kappa shape index (κ1) is 56.8. The third-order valence-electron chi connectivity index (χ3n) is 13.7. The summed E-state index contributed by atoms with van der Waals surface area (Å²) in [6.07, 6.45) is -8.72. The summed E-state index contributed by atoms with van der Waals surface area (Å²) >= 11 is 0. The van der Waals surface area contributed by atoms with Crippen molar-refractivity contribution < 1.29 is 87.0 Å². The fourth-order valence-electron chi connectivity index (χ4n) is 9.86. The number of methoxy groups -OCH3 is 2. The van der Waals surface area contributed by atoms with Crippen LogP contribution in [0.3, 0.4) is 0 Å². The summed E-state index contributed by atoms with van der Waals surface area (Å²) in [6.45, 7) is 14.8. The number of nitrogens with zero attached hydrogens (tertiary/aromatic N) is 1. The molecule has 3 saturated heterocycles. The van der Waals surface area contributed by atoms with Crippen LogP contribution in [0.1, 0.15) is 94.4 Å². The number of aliphatic hydroxyl groups is 4. The predicted molar refractivity (Wildman–Crippen MR) is 240 cm³/mol. The molecule has 0 aromatic carbocycles. The molecule has 4 rings (SSSR count). The topological polar surface area (TPSA) is 245 Å². The van der Waals surface area contributed by atoms with Gasteiger partial charge in [0.05, 0.1) is 49.1 Å². The first-order valence-electron chi connectivity index (χ1n) is 23.6. The van der Waals surface area contributed by atoms with E-state index in [0.717, 1.165) is 0 Å². The number of esters is 2. The van der Waals surface area contributed by atoms with Crippen molar-refractivity contribution in [2.75, 3.05) is 34.9 Å². The molecule has 0 radical (unpaired) electrons. The zero-order chi connectivity index (χ0) is 50.1. The number of hydrogen-bond acceptors (Lipinski definition) is 19. The van der Waals surface area contributed by atoms with Gasteiger partial charge in [0, 0.05) is 51.7 Å². The number of aldehydes is 1. The predicted octanol–water partition coefficient (Wildman–Crippen LogP) is 2.40. The number of carbonyl (C=O) groups is 4. The van der Waals surface area contributed by atoms with Gasteiger partial charge in [-0.1, -0.05) is 38.5 Å². The van der Waals surface area contributed by atoms with E-state index < -0.39 is 146 Å². The number of likely N-dealkylation sites (N-methyl/N-ethyl adjacent to an activating group) is 1. The molecule has 384 valence electrons. The third kappa shape index (κ3) is 14.6. The molecule has 4 N–H and O–H groups in total. The Hall–Kier alpha value is -2.76. The van der Waals surface area contributed by atoms with E-state index >= 15 is 0 Å². The van der Waals surface area contributed by atoms with E-state index in [1.165, 1.54) is 34.1 Å². The van der Waals surface area contributed by atoms with E-state index in [1.807, 2.05) is 13.0 Å². The zero-order valence-corrected chi connectivity index (χ0v) is 41.6. The molecule has 0 aromatic rings. The lowest BCUT2D eigenvalue weighted by atomic mass is 9.79. The molecule has 21 atom stereocenters. The van der Waals surface area contributed by atoms with Crippen molar-refractivity contribution in [2.45, 2.75) is 198 Å². The Balaban J connectivity index is 1.69. The highest BCUT2D eigenvalue weighted by Gasteiger charge is 2.52. The number of carbonyl (C=O) groups excluding carboxylic acids is 4. The van der Waals surface area contributed by atoms with Crippen molar-refractivity contribution in [3.8, 4) is 0 Å². The van der Waals surface area contributed by atoms with Gasteiger partial charge < -0.3 is 77.5 Å². The molecular weight excluding hydrogens is 879 g/mol. The van der Waals surface area contributed by atoms with Gasteiger partial charge in [-0.25, -0.2) is 0 Å². The normalized spacial score (nSPS) is 44.3. The van der Waals surface area contributed by atoms with Crippen molar-refractivity contribution in [1.82, 2.24) is 4.90 Å². The highest BCUT2D eigenvalue weighted by molar-refractivity contribution is 5.91. The van der Waals surface area contributed by atoms with Crippen molar-refractivity contribution >= 4 is 24.0 Å². The quantitative estimate of drug-likeness (QED) is 0.144. The van der Waals surface area contributed by atoms with Gasteiger partial charge in [-0.05, 0) is 73.5 Å².